The molecule has 0 saturated heterocycles. The summed E-state index contributed by atoms with van der Waals surface area (Å²) in [5, 5.41) is 0. The Labute approximate surface area is 107 Å². The van der Waals surface area contributed by atoms with Crippen LogP contribution >= 0.6 is 11.8 Å². The van der Waals surface area contributed by atoms with Crippen LogP contribution in [0.25, 0.3) is 0 Å². The maximum absolute atomic E-state index is 13.4. The molecule has 0 aromatic rings. The maximum Gasteiger partial charge on any atom is 0.250 e. The van der Waals surface area contributed by atoms with Crippen LogP contribution < -0.4 is 4.84 Å². The van der Waals surface area contributed by atoms with Gasteiger partial charge in [-0.25, -0.2) is 13.6 Å². The van der Waals surface area contributed by atoms with Crippen molar-refractivity contribution in [3.8, 4) is 0 Å². The van der Waals surface area contributed by atoms with Crippen molar-refractivity contribution in [1.82, 2.24) is 4.84 Å². The van der Waals surface area contributed by atoms with Gasteiger partial charge in [-0.15, -0.1) is 0 Å². The highest BCUT2D eigenvalue weighted by Crippen LogP contribution is 2.28. The molecular formula is C11H22ClF2NO2. The molecule has 0 heterocycles. The monoisotopic (exact) mass is 273 g/mol. The number of alkyl halides is 2. The van der Waals surface area contributed by atoms with Crippen LogP contribution in [-0.2, 0) is 9.47 Å². The molecule has 0 rings (SSSR count). The lowest BCUT2D eigenvalue weighted by atomic mass is 9.96. The third-order valence-corrected chi connectivity index (χ3v) is 2.93. The lowest BCUT2D eigenvalue weighted by molar-refractivity contribution is -0.0484. The number of hydrogen-bond donors (Lipinski definition) is 1. The molecule has 0 aliphatic heterocycles. The summed E-state index contributed by atoms with van der Waals surface area (Å²) in [6.07, 6.45) is -0.163. The first-order valence-corrected chi connectivity index (χ1v) is 6.03. The average Bonchev–Trinajstić information content (AvgIpc) is 2.27. The molecule has 0 bridgehead atoms. The Bertz CT molecular complexity index is 204. The first kappa shape index (κ1) is 17.0. The lowest BCUT2D eigenvalue weighted by Gasteiger charge is -2.25. The van der Waals surface area contributed by atoms with Crippen LogP contribution in [0.3, 0.4) is 0 Å². The number of ether oxygens (including phenoxy) is 2. The van der Waals surface area contributed by atoms with Gasteiger partial charge in [-0.3, -0.25) is 0 Å². The van der Waals surface area contributed by atoms with Gasteiger partial charge in [0.05, 0.1) is 19.8 Å². The van der Waals surface area contributed by atoms with E-state index >= 15 is 0 Å². The fourth-order valence-electron chi connectivity index (χ4n) is 1.13. The largest absolute Gasteiger partial charge is 0.382 e. The summed E-state index contributed by atoms with van der Waals surface area (Å²) in [6.45, 7) is 4.39. The maximum atomic E-state index is 13.4. The summed E-state index contributed by atoms with van der Waals surface area (Å²) in [7, 11) is 1.54. The third kappa shape index (κ3) is 9.71. The summed E-state index contributed by atoms with van der Waals surface area (Å²) >= 11 is 5.45. The molecule has 17 heavy (non-hydrogen) atoms. The summed E-state index contributed by atoms with van der Waals surface area (Å²) in [5.41, 5.74) is -0.484. The molecule has 0 aliphatic rings. The smallest absolute Gasteiger partial charge is 0.250 e. The molecule has 3 nitrogen and oxygen atoms in total. The van der Waals surface area contributed by atoms with Gasteiger partial charge in [0.2, 0.25) is 5.92 Å². The van der Waals surface area contributed by atoms with Gasteiger partial charge in [-0.1, -0.05) is 0 Å². The minimum Gasteiger partial charge on any atom is -0.382 e. The molecule has 0 aliphatic carbocycles. The minimum atomic E-state index is -2.71. The number of nitrogens with one attached hydrogen (secondary N) is 1. The van der Waals surface area contributed by atoms with Crippen molar-refractivity contribution >= 4 is 11.8 Å². The second-order valence-electron chi connectivity index (χ2n) is 4.69. The molecular weight excluding hydrogens is 252 g/mol. The van der Waals surface area contributed by atoms with E-state index in [4.69, 9.17) is 21.3 Å². The van der Waals surface area contributed by atoms with E-state index in [-0.39, 0.29) is 19.4 Å². The Morgan fingerprint density at radius 1 is 1.06 bits per heavy atom. The molecule has 0 fully saturated rings. The molecule has 0 spiro atoms. The number of methoxy groups -OCH3 is 1. The molecule has 0 aromatic heterocycles. The van der Waals surface area contributed by atoms with Gasteiger partial charge >= 0.3 is 0 Å². The Hall–Kier alpha value is 0.0300. The van der Waals surface area contributed by atoms with E-state index in [1.807, 2.05) is 0 Å². The first-order valence-electron chi connectivity index (χ1n) is 5.65. The summed E-state index contributed by atoms with van der Waals surface area (Å²) in [4.78, 5) is 2.49. The number of hydrogen-bond acceptors (Lipinski definition) is 3. The summed E-state index contributed by atoms with van der Waals surface area (Å²) < 4.78 is 36.6. The standard InChI is InChI=1S/C11H22ClF2NO2/c1-10(2,15-12)4-5-11(13,14)6-7-17-9-8-16-3/h15H,4-9H2,1-3H3. The van der Waals surface area contributed by atoms with Crippen LogP contribution in [0.4, 0.5) is 8.78 Å². The fraction of sp³-hybridized carbons (Fsp3) is 1.00. The van der Waals surface area contributed by atoms with E-state index in [0.29, 0.717) is 19.6 Å². The molecule has 0 saturated carbocycles. The summed E-state index contributed by atoms with van der Waals surface area (Å²) in [6, 6.07) is 0. The second-order valence-corrected chi connectivity index (χ2v) is 4.88. The van der Waals surface area contributed by atoms with Crippen molar-refractivity contribution in [3.05, 3.63) is 0 Å². The topological polar surface area (TPSA) is 30.5 Å². The SMILES string of the molecule is COCCOCCC(F)(F)CCC(C)(C)NCl. The zero-order valence-electron chi connectivity index (χ0n) is 10.7. The van der Waals surface area contributed by atoms with Crippen LogP contribution in [0.5, 0.6) is 0 Å². The van der Waals surface area contributed by atoms with Crippen LogP contribution in [0.1, 0.15) is 33.1 Å². The van der Waals surface area contributed by atoms with Crippen LogP contribution in [0.15, 0.2) is 0 Å². The van der Waals surface area contributed by atoms with E-state index in [2.05, 4.69) is 4.84 Å². The normalized spacial score (nSPS) is 13.1. The van der Waals surface area contributed by atoms with Gasteiger partial charge in [0.15, 0.2) is 0 Å². The van der Waals surface area contributed by atoms with Gasteiger partial charge in [-0.2, -0.15) is 0 Å². The zero-order chi connectivity index (χ0) is 13.4. The Morgan fingerprint density at radius 2 is 1.71 bits per heavy atom. The predicted molar refractivity (Wildman–Crippen MR) is 64.6 cm³/mol. The van der Waals surface area contributed by atoms with Gasteiger partial charge in [-0.05, 0) is 32.0 Å². The quantitative estimate of drug-likeness (QED) is 0.490. The van der Waals surface area contributed by atoms with E-state index in [0.717, 1.165) is 0 Å². The van der Waals surface area contributed by atoms with Gasteiger partial charge in [0, 0.05) is 25.5 Å². The Kier molecular flexibility index (Phi) is 8.20. The molecule has 0 atom stereocenters. The minimum absolute atomic E-state index is 0.0467. The van der Waals surface area contributed by atoms with Gasteiger partial charge < -0.3 is 9.47 Å². The van der Waals surface area contributed by atoms with Gasteiger partial charge in [0.25, 0.3) is 0 Å². The van der Waals surface area contributed by atoms with Crippen LogP contribution in [0, 0.1) is 0 Å². The average molecular weight is 274 g/mol. The number of halogens is 3. The highest BCUT2D eigenvalue weighted by atomic mass is 35.5. The molecule has 104 valence electrons. The van der Waals surface area contributed by atoms with Crippen molar-refractivity contribution < 1.29 is 18.3 Å². The first-order chi connectivity index (χ1) is 7.83. The van der Waals surface area contributed by atoms with Crippen LogP contribution in [0.2, 0.25) is 0 Å². The molecule has 0 unspecified atom stereocenters. The number of rotatable bonds is 10. The van der Waals surface area contributed by atoms with Crippen molar-refractivity contribution in [2.75, 3.05) is 26.9 Å². The van der Waals surface area contributed by atoms with E-state index in [1.54, 1.807) is 21.0 Å². The van der Waals surface area contributed by atoms with Gasteiger partial charge in [0.1, 0.15) is 0 Å². The molecule has 0 amide bonds. The lowest BCUT2D eigenvalue weighted by Crippen LogP contribution is -2.34. The third-order valence-electron chi connectivity index (χ3n) is 2.42. The highest BCUT2D eigenvalue weighted by molar-refractivity contribution is 6.13. The second kappa shape index (κ2) is 8.19. The van der Waals surface area contributed by atoms with E-state index in [1.165, 1.54) is 0 Å². The van der Waals surface area contributed by atoms with Crippen LogP contribution in [-0.4, -0.2) is 38.4 Å². The van der Waals surface area contributed by atoms with E-state index in [9.17, 15) is 8.78 Å². The molecule has 0 aromatic carbocycles. The van der Waals surface area contributed by atoms with Crippen molar-refractivity contribution in [2.45, 2.75) is 44.6 Å². The van der Waals surface area contributed by atoms with Crippen molar-refractivity contribution in [3.63, 3.8) is 0 Å². The Morgan fingerprint density at radius 3 is 2.24 bits per heavy atom. The van der Waals surface area contributed by atoms with Crippen molar-refractivity contribution in [2.24, 2.45) is 0 Å². The predicted octanol–water partition coefficient (Wildman–Crippen LogP) is 2.98. The van der Waals surface area contributed by atoms with Crippen molar-refractivity contribution in [1.29, 1.82) is 0 Å². The molecule has 6 heteroatoms. The zero-order valence-corrected chi connectivity index (χ0v) is 11.4. The summed E-state index contributed by atoms with van der Waals surface area (Å²) in [5.74, 6) is -2.71. The fourth-order valence-corrected chi connectivity index (χ4v) is 1.23. The molecule has 1 N–H and O–H groups in total. The molecule has 0 radical (unpaired) electrons. The Balaban J connectivity index is 3.72. The van der Waals surface area contributed by atoms with E-state index < -0.39 is 11.5 Å². The highest BCUT2D eigenvalue weighted by Gasteiger charge is 2.31.